The second-order valence-corrected chi connectivity index (χ2v) is 13.2. The Hall–Kier alpha value is 3.15. The van der Waals surface area contributed by atoms with Crippen molar-refractivity contribution >= 4 is 92.1 Å². The van der Waals surface area contributed by atoms with E-state index < -0.39 is 0 Å². The van der Waals surface area contributed by atoms with Gasteiger partial charge in [-0.1, -0.05) is 23.3 Å². The van der Waals surface area contributed by atoms with Crippen LogP contribution < -0.4 is 0 Å². The Balaban J connectivity index is 2.60. The Bertz CT molecular complexity index is 33.3. The van der Waals surface area contributed by atoms with Crippen LogP contribution in [0.25, 0.3) is 0 Å². The van der Waals surface area contributed by atoms with E-state index in [1.165, 1.54) is 19.7 Å². The van der Waals surface area contributed by atoms with E-state index in [4.69, 9.17) is 0 Å². The number of rotatable bonds is 6. The van der Waals surface area contributed by atoms with Crippen LogP contribution in [0, 0.1) is 0 Å². The largest absolute Gasteiger partial charge is 0.0988 e. The number of hydrogen-bond acceptors (Lipinski definition) is 9. The van der Waals surface area contributed by atoms with Crippen molar-refractivity contribution in [2.45, 2.75) is 0 Å². The molecule has 0 amide bonds. The van der Waals surface area contributed by atoms with Crippen molar-refractivity contribution in [2.75, 3.05) is 0 Å². The molecule has 0 aromatic heterocycles. The molecule has 0 heterocycles. The first-order chi connectivity index (χ1) is 4.41. The molecule has 0 fully saturated rings. The van der Waals surface area contributed by atoms with Crippen LogP contribution >= 0.6 is 92.1 Å². The molecule has 0 atom stereocenters. The van der Waals surface area contributed by atoms with Crippen molar-refractivity contribution in [3.63, 3.8) is 0 Å². The summed E-state index contributed by atoms with van der Waals surface area (Å²) in [5.74, 6) is 0. The van der Waals surface area contributed by atoms with Crippen LogP contribution in [-0.2, 0) is 0 Å². The highest BCUT2D eigenvalue weighted by atomic mass is 34.0. The summed E-state index contributed by atoms with van der Waals surface area (Å²) in [6.45, 7) is 0. The van der Waals surface area contributed by atoms with Crippen LogP contribution in [0.3, 0.4) is 0 Å². The fourth-order valence-electron chi connectivity index (χ4n) is 0.0589. The fourth-order valence-corrected chi connectivity index (χ4v) is 14.3. The molecule has 0 aromatic carbocycles. The Morgan fingerprint density at radius 1 is 0.556 bits per heavy atom. The predicted octanol–water partition coefficient (Wildman–Crippen LogP) is 5.30. The van der Waals surface area contributed by atoms with Crippen molar-refractivity contribution in [1.29, 1.82) is 0 Å². The zero-order chi connectivity index (χ0) is 6.95. The fraction of sp³-hybridized carbons (Fsp3) is 0. The van der Waals surface area contributed by atoms with Gasteiger partial charge in [-0.2, -0.15) is 0 Å². The highest BCUT2D eigenvalue weighted by molar-refractivity contribution is 9.50. The van der Waals surface area contributed by atoms with Crippen LogP contribution in [0.5, 0.6) is 0 Å². The first-order valence-electron chi connectivity index (χ1n) is 1.37. The minimum absolute atomic E-state index is 1.46. The van der Waals surface area contributed by atoms with Gasteiger partial charge in [0.1, 0.15) is 0 Å². The molecule has 9 heteroatoms. The molecule has 0 unspecified atom stereocenters. The predicted molar refractivity (Wildman–Crippen MR) is 71.1 cm³/mol. The van der Waals surface area contributed by atoms with Crippen LogP contribution in [0.1, 0.15) is 0 Å². The lowest BCUT2D eigenvalue weighted by atomic mass is 30.2. The van der Waals surface area contributed by atoms with E-state index in [1.54, 1.807) is 49.1 Å². The normalized spacial score (nSPS) is 10.0. The van der Waals surface area contributed by atoms with Gasteiger partial charge in [0, 0.05) is 0 Å². The van der Waals surface area contributed by atoms with Gasteiger partial charge in [0.05, 0.1) is 0 Å². The van der Waals surface area contributed by atoms with Gasteiger partial charge in [-0.05, 0) is 68.8 Å². The van der Waals surface area contributed by atoms with E-state index in [-0.39, 0.29) is 0 Å². The van der Waals surface area contributed by atoms with Crippen molar-refractivity contribution < 1.29 is 0 Å². The highest BCUT2D eigenvalue weighted by Gasteiger charge is 1.90. The minimum atomic E-state index is 1.46. The summed E-state index contributed by atoms with van der Waals surface area (Å²) in [5, 5.41) is 0. The van der Waals surface area contributed by atoms with Crippen LogP contribution in [0.2, 0.25) is 0 Å². The molecule has 0 aliphatic rings. The molecule has 0 aromatic rings. The minimum Gasteiger partial charge on any atom is -0.0988 e. The third-order valence-corrected chi connectivity index (χ3v) is 13.9. The molecule has 0 spiro atoms. The van der Waals surface area contributed by atoms with E-state index in [0.29, 0.717) is 0 Å². The third kappa shape index (κ3) is 11.1. The van der Waals surface area contributed by atoms with Gasteiger partial charge >= 0.3 is 0 Å². The molecule has 0 saturated carbocycles. The maximum Gasteiger partial charge on any atom is -0.00000105 e. The first kappa shape index (κ1) is 12.2. The van der Waals surface area contributed by atoms with E-state index in [9.17, 15) is 0 Å². The smallest absolute Gasteiger partial charge is 0.00000105 e. The van der Waals surface area contributed by atoms with E-state index in [0.717, 1.165) is 0 Å². The zero-order valence-corrected chi connectivity index (χ0v) is 11.3. The van der Waals surface area contributed by atoms with Crippen molar-refractivity contribution in [1.82, 2.24) is 0 Å². The number of hydrogen-bond donors (Lipinski definition) is 2. The summed E-state index contributed by atoms with van der Waals surface area (Å²) in [6.07, 6.45) is 0. The quantitative estimate of drug-likeness (QED) is 0.382. The van der Waals surface area contributed by atoms with Gasteiger partial charge in [-0.15, -0.1) is 0 Å². The topological polar surface area (TPSA) is 0 Å². The third-order valence-electron chi connectivity index (χ3n) is 0.172. The van der Waals surface area contributed by atoms with Crippen molar-refractivity contribution in [2.24, 2.45) is 0 Å². The van der Waals surface area contributed by atoms with Crippen molar-refractivity contribution in [3.8, 4) is 0 Å². The molecular formula is H2S9. The summed E-state index contributed by atoms with van der Waals surface area (Å²) >= 11 is 7.91. The maximum absolute atomic E-state index is 3.95. The maximum atomic E-state index is 3.95. The van der Waals surface area contributed by atoms with Gasteiger partial charge in [0.2, 0.25) is 0 Å². The SMILES string of the molecule is SSSSSSSSS. The van der Waals surface area contributed by atoms with Gasteiger partial charge in [0.15, 0.2) is 0 Å². The Morgan fingerprint density at radius 3 is 1.22 bits per heavy atom. The van der Waals surface area contributed by atoms with E-state index >= 15 is 0 Å². The molecule has 0 nitrogen and oxygen atoms in total. The molecule has 0 radical (unpaired) electrons. The van der Waals surface area contributed by atoms with Crippen molar-refractivity contribution in [3.05, 3.63) is 0 Å². The summed E-state index contributed by atoms with van der Waals surface area (Å²) in [5.41, 5.74) is 0. The second kappa shape index (κ2) is 11.2. The lowest BCUT2D eigenvalue weighted by Crippen LogP contribution is -1.25. The Labute approximate surface area is 90.7 Å². The highest BCUT2D eigenvalue weighted by Crippen LogP contribution is 2.56. The lowest BCUT2D eigenvalue weighted by molar-refractivity contribution is 5.69. The summed E-state index contributed by atoms with van der Waals surface area (Å²) in [4.78, 5) is 0. The average molecular weight is 291 g/mol. The molecule has 56 valence electrons. The Kier molecular flexibility index (Phi) is 15.1. The standard InChI is InChI=1S/H2S9/c1-3-5-7-9-8-6-4-2/h1-2H. The average Bonchev–Trinajstić information content (AvgIpc) is 1.89. The van der Waals surface area contributed by atoms with Gasteiger partial charge in [-0.3, -0.25) is 0 Å². The van der Waals surface area contributed by atoms with Crippen LogP contribution in [0.15, 0.2) is 0 Å². The molecule has 0 saturated heterocycles. The molecule has 0 rings (SSSR count). The number of thiol groups is 2. The van der Waals surface area contributed by atoms with Crippen LogP contribution in [-0.4, -0.2) is 0 Å². The van der Waals surface area contributed by atoms with E-state index in [2.05, 4.69) is 23.3 Å². The molecule has 0 bridgehead atoms. The van der Waals surface area contributed by atoms with Gasteiger partial charge in [-0.25, -0.2) is 0 Å². The van der Waals surface area contributed by atoms with Gasteiger partial charge in [0.25, 0.3) is 0 Å². The molecule has 0 aliphatic carbocycles. The van der Waals surface area contributed by atoms with Crippen LogP contribution in [0.4, 0.5) is 0 Å². The molecule has 9 heavy (non-hydrogen) atoms. The lowest BCUT2D eigenvalue weighted by Gasteiger charge is -1.91. The van der Waals surface area contributed by atoms with Gasteiger partial charge < -0.3 is 0 Å². The summed E-state index contributed by atoms with van der Waals surface area (Å²) < 4.78 is 0. The summed E-state index contributed by atoms with van der Waals surface area (Å²) in [6, 6.07) is 0. The molecule has 0 aliphatic heterocycles. The first-order valence-corrected chi connectivity index (χ1v) is 12.3. The molecular weight excluding hydrogens is 289 g/mol. The summed E-state index contributed by atoms with van der Waals surface area (Å²) in [7, 11) is 11.4. The second-order valence-electron chi connectivity index (χ2n) is 0.489. The monoisotopic (exact) mass is 290 g/mol. The Morgan fingerprint density at radius 2 is 0.889 bits per heavy atom. The zero-order valence-electron chi connectivity index (χ0n) is 3.75. The molecule has 0 N–H and O–H groups in total. The van der Waals surface area contributed by atoms with E-state index in [1.807, 2.05) is 0 Å².